The predicted octanol–water partition coefficient (Wildman–Crippen LogP) is 8.97. The highest BCUT2D eigenvalue weighted by atomic mass is 127. The van der Waals surface area contributed by atoms with Crippen molar-refractivity contribution >= 4 is 69.6 Å². The first kappa shape index (κ1) is 39.0. The second-order valence-electron chi connectivity index (χ2n) is 14.2. The number of carbonyl (C=O) groups is 4. The van der Waals surface area contributed by atoms with Crippen molar-refractivity contribution < 1.29 is 28.7 Å². The maximum atomic E-state index is 13.0. The Labute approximate surface area is 313 Å². The average Bonchev–Trinajstić information content (AvgIpc) is 3.73. The predicted molar refractivity (Wildman–Crippen MR) is 205 cm³/mol. The Bertz CT molecular complexity index is 1670. The summed E-state index contributed by atoms with van der Waals surface area (Å²) in [6, 6.07) is 21.6. The summed E-state index contributed by atoms with van der Waals surface area (Å²) in [4.78, 5) is 53.2. The van der Waals surface area contributed by atoms with Gasteiger partial charge in [0, 0.05) is 32.9 Å². The molecule has 2 atom stereocenters. The molecule has 2 aliphatic rings. The first-order valence-corrected chi connectivity index (χ1v) is 18.2. The molecule has 12 heteroatoms. The van der Waals surface area contributed by atoms with Crippen molar-refractivity contribution in [2.24, 2.45) is 0 Å². The molecule has 4 amide bonds. The summed E-state index contributed by atoms with van der Waals surface area (Å²) >= 11 is 8.16. The van der Waals surface area contributed by atoms with Gasteiger partial charge < -0.3 is 20.1 Å². The molecule has 0 bridgehead atoms. The van der Waals surface area contributed by atoms with Gasteiger partial charge >= 0.3 is 12.2 Å². The van der Waals surface area contributed by atoms with E-state index >= 15 is 0 Å². The number of anilines is 2. The zero-order valence-electron chi connectivity index (χ0n) is 29.4. The van der Waals surface area contributed by atoms with Crippen molar-refractivity contribution in [2.45, 2.75) is 90.5 Å². The highest BCUT2D eigenvalue weighted by Crippen LogP contribution is 2.30. The lowest BCUT2D eigenvalue weighted by Crippen LogP contribution is -2.45. The number of likely N-dealkylation sites (tertiary alicyclic amines) is 2. The van der Waals surface area contributed by atoms with Crippen LogP contribution in [0.5, 0.6) is 0 Å². The van der Waals surface area contributed by atoms with Crippen LogP contribution in [0.2, 0.25) is 5.02 Å². The molecule has 2 saturated heterocycles. The fourth-order valence-corrected chi connectivity index (χ4v) is 6.27. The van der Waals surface area contributed by atoms with Crippen LogP contribution in [-0.2, 0) is 19.1 Å². The molecule has 2 heterocycles. The molecule has 3 aromatic rings. The SMILES string of the molecule is CC(C)(C)OC(=O)N1CCC[C@H]1C(=O)Nc1ccccc1-c1ccc(Cl)cc1.CC(C)(C)OC(=O)N1CCC[C@H]1C(=O)Nc1ccccc1I. The van der Waals surface area contributed by atoms with E-state index in [2.05, 4.69) is 33.2 Å². The van der Waals surface area contributed by atoms with Crippen LogP contribution >= 0.6 is 34.2 Å². The summed E-state index contributed by atoms with van der Waals surface area (Å²) in [5, 5.41) is 6.55. The molecule has 268 valence electrons. The summed E-state index contributed by atoms with van der Waals surface area (Å²) in [7, 11) is 0. The van der Waals surface area contributed by atoms with Crippen molar-refractivity contribution in [3.05, 3.63) is 81.4 Å². The lowest BCUT2D eigenvalue weighted by Gasteiger charge is -2.28. The number of para-hydroxylation sites is 2. The van der Waals surface area contributed by atoms with Crippen LogP contribution in [0.3, 0.4) is 0 Å². The van der Waals surface area contributed by atoms with Gasteiger partial charge in [0.2, 0.25) is 11.8 Å². The summed E-state index contributed by atoms with van der Waals surface area (Å²) in [6.45, 7) is 12.0. The van der Waals surface area contributed by atoms with E-state index in [0.29, 0.717) is 36.6 Å². The van der Waals surface area contributed by atoms with Crippen molar-refractivity contribution in [1.82, 2.24) is 9.80 Å². The van der Waals surface area contributed by atoms with Gasteiger partial charge in [-0.2, -0.15) is 0 Å². The molecule has 0 saturated carbocycles. The topological polar surface area (TPSA) is 117 Å². The number of halogens is 2. The van der Waals surface area contributed by atoms with Gasteiger partial charge in [0.05, 0.1) is 5.69 Å². The van der Waals surface area contributed by atoms with Gasteiger partial charge in [-0.25, -0.2) is 9.59 Å². The number of amides is 4. The summed E-state index contributed by atoms with van der Waals surface area (Å²) in [5.74, 6) is -0.364. The van der Waals surface area contributed by atoms with Crippen LogP contribution in [-0.4, -0.2) is 70.2 Å². The fourth-order valence-electron chi connectivity index (χ4n) is 5.62. The van der Waals surface area contributed by atoms with Crippen molar-refractivity contribution in [1.29, 1.82) is 0 Å². The summed E-state index contributed by atoms with van der Waals surface area (Å²) < 4.78 is 11.8. The molecule has 5 rings (SSSR count). The normalized spacial score (nSPS) is 17.4. The zero-order chi connectivity index (χ0) is 36.6. The van der Waals surface area contributed by atoms with Crippen LogP contribution in [0.25, 0.3) is 11.1 Å². The Morgan fingerprint density at radius 1 is 0.680 bits per heavy atom. The minimum Gasteiger partial charge on any atom is -0.444 e. The third-order valence-electron chi connectivity index (χ3n) is 7.84. The molecule has 2 fully saturated rings. The fraction of sp³-hybridized carbons (Fsp3) is 0.421. The highest BCUT2D eigenvalue weighted by Gasteiger charge is 2.38. The Balaban J connectivity index is 0.000000232. The number of ether oxygens (including phenoxy) is 2. The molecule has 0 aromatic heterocycles. The van der Waals surface area contributed by atoms with Crippen molar-refractivity contribution in [2.75, 3.05) is 23.7 Å². The number of hydrogen-bond donors (Lipinski definition) is 2. The minimum absolute atomic E-state index is 0.160. The van der Waals surface area contributed by atoms with Gasteiger partial charge in [0.1, 0.15) is 23.3 Å². The minimum atomic E-state index is -0.595. The van der Waals surface area contributed by atoms with Crippen LogP contribution in [0.4, 0.5) is 21.0 Å². The van der Waals surface area contributed by atoms with Crippen LogP contribution < -0.4 is 10.6 Å². The largest absolute Gasteiger partial charge is 0.444 e. The molecule has 2 aliphatic heterocycles. The molecule has 10 nitrogen and oxygen atoms in total. The summed E-state index contributed by atoms with van der Waals surface area (Å²) in [5.41, 5.74) is 2.16. The van der Waals surface area contributed by atoms with Gasteiger partial charge in [-0.15, -0.1) is 0 Å². The van der Waals surface area contributed by atoms with Gasteiger partial charge in [0.25, 0.3) is 0 Å². The van der Waals surface area contributed by atoms with E-state index in [1.807, 2.05) is 114 Å². The zero-order valence-corrected chi connectivity index (χ0v) is 32.3. The molecule has 50 heavy (non-hydrogen) atoms. The van der Waals surface area contributed by atoms with Crippen LogP contribution in [0.15, 0.2) is 72.8 Å². The maximum absolute atomic E-state index is 13.0. The number of nitrogens with zero attached hydrogens (tertiary/aromatic N) is 2. The van der Waals surface area contributed by atoms with Gasteiger partial charge in [-0.05, 0) is 126 Å². The molecule has 0 aliphatic carbocycles. The number of rotatable bonds is 5. The smallest absolute Gasteiger partial charge is 0.410 e. The van der Waals surface area contributed by atoms with E-state index < -0.39 is 35.5 Å². The molecular weight excluding hydrogens is 771 g/mol. The van der Waals surface area contributed by atoms with Gasteiger partial charge in [-0.3, -0.25) is 19.4 Å². The quantitative estimate of drug-likeness (QED) is 0.249. The highest BCUT2D eigenvalue weighted by molar-refractivity contribution is 14.1. The Morgan fingerprint density at radius 3 is 1.60 bits per heavy atom. The standard InChI is InChI=1S/C22H25ClN2O3.C16H21IN2O3/c1-22(2,3)28-21(27)25-14-6-9-19(25)20(26)24-18-8-5-4-7-17(18)15-10-12-16(23)13-11-15;1-16(2,3)22-15(21)19-10-6-9-13(19)14(20)18-12-8-5-4-7-11(12)17/h4-5,7-8,10-13,19H,6,9,14H2,1-3H3,(H,24,26);4-5,7-8,13H,6,9-10H2,1-3H3,(H,18,20)/t19-;13-/m00/s1. The van der Waals surface area contributed by atoms with Gasteiger partial charge in [-0.1, -0.05) is 54.1 Å². The monoisotopic (exact) mass is 816 g/mol. The summed E-state index contributed by atoms with van der Waals surface area (Å²) in [6.07, 6.45) is 1.99. The molecule has 0 radical (unpaired) electrons. The first-order chi connectivity index (χ1) is 23.5. The van der Waals surface area contributed by atoms with E-state index in [4.69, 9.17) is 21.1 Å². The lowest BCUT2D eigenvalue weighted by molar-refractivity contribution is -0.121. The molecular formula is C38H46ClIN4O6. The third-order valence-corrected chi connectivity index (χ3v) is 9.03. The average molecular weight is 817 g/mol. The second kappa shape index (κ2) is 16.9. The first-order valence-electron chi connectivity index (χ1n) is 16.7. The Kier molecular flexibility index (Phi) is 13.2. The second-order valence-corrected chi connectivity index (χ2v) is 15.8. The van der Waals surface area contributed by atoms with Crippen LogP contribution in [0.1, 0.15) is 67.2 Å². The van der Waals surface area contributed by atoms with E-state index in [9.17, 15) is 19.2 Å². The number of benzene rings is 3. The van der Waals surface area contributed by atoms with E-state index in [-0.39, 0.29) is 11.8 Å². The third kappa shape index (κ3) is 11.1. The number of carbonyl (C=O) groups excluding carboxylic acids is 4. The van der Waals surface area contributed by atoms with Crippen LogP contribution in [0, 0.1) is 3.57 Å². The van der Waals surface area contributed by atoms with Crippen molar-refractivity contribution in [3.8, 4) is 11.1 Å². The number of hydrogen-bond acceptors (Lipinski definition) is 6. The van der Waals surface area contributed by atoms with E-state index in [1.54, 1.807) is 0 Å². The van der Waals surface area contributed by atoms with E-state index in [0.717, 1.165) is 33.2 Å². The molecule has 0 unspecified atom stereocenters. The van der Waals surface area contributed by atoms with Gasteiger partial charge in [0.15, 0.2) is 0 Å². The molecule has 3 aromatic carbocycles. The lowest BCUT2D eigenvalue weighted by atomic mass is 10.0. The molecule has 2 N–H and O–H groups in total. The van der Waals surface area contributed by atoms with Crippen molar-refractivity contribution in [3.63, 3.8) is 0 Å². The van der Waals surface area contributed by atoms with E-state index in [1.165, 1.54) is 9.80 Å². The Hall–Kier alpha value is -3.84. The Morgan fingerprint density at radius 2 is 1.12 bits per heavy atom. The maximum Gasteiger partial charge on any atom is 0.410 e. The molecule has 0 spiro atoms. The number of nitrogens with one attached hydrogen (secondary N) is 2.